The first-order chi connectivity index (χ1) is 9.90. The van der Waals surface area contributed by atoms with Gasteiger partial charge in [-0.2, -0.15) is 0 Å². The van der Waals surface area contributed by atoms with Crippen molar-refractivity contribution in [3.05, 3.63) is 58.6 Å². The van der Waals surface area contributed by atoms with Gasteiger partial charge in [-0.15, -0.1) is 0 Å². The zero-order valence-corrected chi connectivity index (χ0v) is 14.1. The summed E-state index contributed by atoms with van der Waals surface area (Å²) in [6, 6.07) is 14.7. The quantitative estimate of drug-likeness (QED) is 0.824. The molecule has 0 atom stereocenters. The molecule has 0 fully saturated rings. The molecule has 0 aliphatic rings. The summed E-state index contributed by atoms with van der Waals surface area (Å²) < 4.78 is 26.9. The van der Waals surface area contributed by atoms with Gasteiger partial charge in [-0.25, -0.2) is 8.42 Å². The predicted molar refractivity (Wildman–Crippen MR) is 90.9 cm³/mol. The number of nitrogens with zero attached hydrogens (tertiary/aromatic N) is 1. The zero-order chi connectivity index (χ0) is 15.5. The fourth-order valence-electron chi connectivity index (χ4n) is 1.99. The van der Waals surface area contributed by atoms with Gasteiger partial charge < -0.3 is 5.73 Å². The molecule has 0 radical (unpaired) electrons. The van der Waals surface area contributed by atoms with Crippen molar-refractivity contribution in [3.8, 4) is 0 Å². The van der Waals surface area contributed by atoms with E-state index in [-0.39, 0.29) is 5.75 Å². The van der Waals surface area contributed by atoms with Crippen LogP contribution in [-0.4, -0.2) is 21.2 Å². The highest BCUT2D eigenvalue weighted by Gasteiger charge is 2.20. The van der Waals surface area contributed by atoms with Crippen LogP contribution in [0.4, 0.5) is 11.4 Å². The summed E-state index contributed by atoms with van der Waals surface area (Å²) in [6.07, 6.45) is 0.476. The Bertz CT molecular complexity index is 718. The molecule has 0 aromatic heterocycles. The van der Waals surface area contributed by atoms with E-state index in [0.29, 0.717) is 17.8 Å². The molecule has 0 spiro atoms. The number of benzene rings is 2. The lowest BCUT2D eigenvalue weighted by atomic mass is 10.2. The molecule has 2 N–H and O–H groups in total. The molecular formula is C15H17BrN2O2S. The molecule has 0 saturated heterocycles. The van der Waals surface area contributed by atoms with Crippen molar-refractivity contribution in [3.63, 3.8) is 0 Å². The van der Waals surface area contributed by atoms with Gasteiger partial charge >= 0.3 is 0 Å². The fourth-order valence-corrected chi connectivity index (χ4v) is 3.60. The third-order valence-corrected chi connectivity index (χ3v) is 5.48. The van der Waals surface area contributed by atoms with Crippen molar-refractivity contribution in [1.29, 1.82) is 0 Å². The van der Waals surface area contributed by atoms with Crippen LogP contribution in [0.25, 0.3) is 0 Å². The van der Waals surface area contributed by atoms with E-state index in [1.807, 2.05) is 30.3 Å². The summed E-state index contributed by atoms with van der Waals surface area (Å²) in [5.41, 5.74) is 7.81. The number of hydrogen-bond donors (Lipinski definition) is 1. The summed E-state index contributed by atoms with van der Waals surface area (Å²) in [5, 5.41) is 0. The van der Waals surface area contributed by atoms with Gasteiger partial charge in [-0.05, 0) is 30.2 Å². The Balaban J connectivity index is 2.15. The van der Waals surface area contributed by atoms with Gasteiger partial charge in [0.25, 0.3) is 0 Å². The Labute approximate surface area is 133 Å². The summed E-state index contributed by atoms with van der Waals surface area (Å²) >= 11 is 3.31. The van der Waals surface area contributed by atoms with E-state index in [9.17, 15) is 8.42 Å². The number of aryl methyl sites for hydroxylation is 1. The van der Waals surface area contributed by atoms with Crippen LogP contribution < -0.4 is 10.0 Å². The smallest absolute Gasteiger partial charge is 0.235 e. The Morgan fingerprint density at radius 3 is 2.43 bits per heavy atom. The Morgan fingerprint density at radius 2 is 1.81 bits per heavy atom. The van der Waals surface area contributed by atoms with E-state index < -0.39 is 10.0 Å². The van der Waals surface area contributed by atoms with Crippen molar-refractivity contribution in [2.24, 2.45) is 0 Å². The molecule has 0 bridgehead atoms. The number of anilines is 2. The molecule has 0 aliphatic heterocycles. The maximum absolute atomic E-state index is 12.4. The predicted octanol–water partition coefficient (Wildman–Crippen LogP) is 3.04. The molecule has 0 unspecified atom stereocenters. The largest absolute Gasteiger partial charge is 0.397 e. The maximum Gasteiger partial charge on any atom is 0.235 e. The van der Waals surface area contributed by atoms with Gasteiger partial charge in [-0.3, -0.25) is 4.31 Å². The Hall–Kier alpha value is -1.53. The number of halogens is 1. The van der Waals surface area contributed by atoms with Crippen molar-refractivity contribution >= 4 is 37.3 Å². The van der Waals surface area contributed by atoms with E-state index in [4.69, 9.17) is 5.73 Å². The second-order valence-electron chi connectivity index (χ2n) is 4.72. The van der Waals surface area contributed by atoms with E-state index in [1.165, 1.54) is 11.4 Å². The second kappa shape index (κ2) is 6.49. The summed E-state index contributed by atoms with van der Waals surface area (Å²) in [5.74, 6) is 0.0447. The minimum absolute atomic E-state index is 0.0447. The van der Waals surface area contributed by atoms with Gasteiger partial charge in [0.2, 0.25) is 10.0 Å². The second-order valence-corrected chi connectivity index (χ2v) is 7.76. The van der Waals surface area contributed by atoms with Gasteiger partial charge in [0.05, 0.1) is 17.1 Å². The molecule has 2 aromatic rings. The molecule has 2 aromatic carbocycles. The first-order valence-electron chi connectivity index (χ1n) is 6.46. The van der Waals surface area contributed by atoms with E-state index in [2.05, 4.69) is 15.9 Å². The van der Waals surface area contributed by atoms with Gasteiger partial charge in [0.15, 0.2) is 0 Å². The van der Waals surface area contributed by atoms with Gasteiger partial charge in [0, 0.05) is 11.5 Å². The molecule has 2 rings (SSSR count). The lowest BCUT2D eigenvalue weighted by Crippen LogP contribution is -2.30. The van der Waals surface area contributed by atoms with Crippen molar-refractivity contribution in [2.45, 2.75) is 6.42 Å². The molecule has 6 heteroatoms. The van der Waals surface area contributed by atoms with Crippen LogP contribution in [0.1, 0.15) is 5.56 Å². The molecular weight excluding hydrogens is 352 g/mol. The zero-order valence-electron chi connectivity index (χ0n) is 11.7. The molecule has 21 heavy (non-hydrogen) atoms. The summed E-state index contributed by atoms with van der Waals surface area (Å²) in [4.78, 5) is 0. The standard InChI is InChI=1S/C15H17BrN2O2S/c1-18(15-8-7-13(16)11-14(15)17)21(19,20)10-9-12-5-3-2-4-6-12/h2-8,11H,9-10,17H2,1H3. The van der Waals surface area contributed by atoms with Crippen LogP contribution in [0, 0.1) is 0 Å². The number of nitrogen functional groups attached to an aromatic ring is 1. The lowest BCUT2D eigenvalue weighted by Gasteiger charge is -2.21. The highest BCUT2D eigenvalue weighted by molar-refractivity contribution is 9.10. The molecule has 0 saturated carbocycles. The molecule has 0 heterocycles. The Morgan fingerprint density at radius 1 is 1.14 bits per heavy atom. The van der Waals surface area contributed by atoms with Crippen LogP contribution in [0.2, 0.25) is 0 Å². The van der Waals surface area contributed by atoms with Crippen molar-refractivity contribution in [2.75, 3.05) is 22.8 Å². The molecule has 4 nitrogen and oxygen atoms in total. The lowest BCUT2D eigenvalue weighted by molar-refractivity contribution is 0.593. The van der Waals surface area contributed by atoms with Crippen LogP contribution in [0.5, 0.6) is 0 Å². The normalized spacial score (nSPS) is 11.3. The van der Waals surface area contributed by atoms with Crippen LogP contribution in [-0.2, 0) is 16.4 Å². The van der Waals surface area contributed by atoms with Gasteiger partial charge in [0.1, 0.15) is 0 Å². The molecule has 112 valence electrons. The number of nitrogens with two attached hydrogens (primary N) is 1. The van der Waals surface area contributed by atoms with Gasteiger partial charge in [-0.1, -0.05) is 46.3 Å². The highest BCUT2D eigenvalue weighted by atomic mass is 79.9. The van der Waals surface area contributed by atoms with Crippen LogP contribution >= 0.6 is 15.9 Å². The average molecular weight is 369 g/mol. The van der Waals surface area contributed by atoms with Crippen LogP contribution in [0.15, 0.2) is 53.0 Å². The molecule has 0 aliphatic carbocycles. The van der Waals surface area contributed by atoms with Crippen molar-refractivity contribution in [1.82, 2.24) is 0 Å². The SMILES string of the molecule is CN(c1ccc(Br)cc1N)S(=O)(=O)CCc1ccccc1. The highest BCUT2D eigenvalue weighted by Crippen LogP contribution is 2.27. The number of hydrogen-bond acceptors (Lipinski definition) is 3. The van der Waals surface area contributed by atoms with E-state index in [0.717, 1.165) is 10.0 Å². The topological polar surface area (TPSA) is 63.4 Å². The fraction of sp³-hybridized carbons (Fsp3) is 0.200. The first-order valence-corrected chi connectivity index (χ1v) is 8.86. The Kier molecular flexibility index (Phi) is 4.90. The molecule has 0 amide bonds. The third-order valence-electron chi connectivity index (χ3n) is 3.24. The minimum atomic E-state index is -3.41. The number of rotatable bonds is 5. The maximum atomic E-state index is 12.4. The summed E-state index contributed by atoms with van der Waals surface area (Å²) in [6.45, 7) is 0. The van der Waals surface area contributed by atoms with E-state index in [1.54, 1.807) is 18.2 Å². The first kappa shape index (κ1) is 15.9. The van der Waals surface area contributed by atoms with E-state index >= 15 is 0 Å². The van der Waals surface area contributed by atoms with Crippen LogP contribution in [0.3, 0.4) is 0 Å². The van der Waals surface area contributed by atoms with Crippen molar-refractivity contribution < 1.29 is 8.42 Å². The monoisotopic (exact) mass is 368 g/mol. The summed E-state index contributed by atoms with van der Waals surface area (Å²) in [7, 11) is -1.88. The number of sulfonamides is 1. The minimum Gasteiger partial charge on any atom is -0.397 e. The third kappa shape index (κ3) is 3.98. The average Bonchev–Trinajstić information content (AvgIpc) is 2.46.